The van der Waals surface area contributed by atoms with Crippen molar-refractivity contribution in [2.75, 3.05) is 0 Å². The van der Waals surface area contributed by atoms with Crippen LogP contribution in [0.25, 0.3) is 21.9 Å². The van der Waals surface area contributed by atoms with Gasteiger partial charge in [0.15, 0.2) is 0 Å². The van der Waals surface area contributed by atoms with E-state index in [4.69, 9.17) is 10.1 Å². The number of carbonyl (C=O) groups is 1. The summed E-state index contributed by atoms with van der Waals surface area (Å²) >= 11 is 0. The lowest BCUT2D eigenvalue weighted by molar-refractivity contribution is -0.137. The average molecular weight is 325 g/mol. The molecule has 0 saturated carbocycles. The summed E-state index contributed by atoms with van der Waals surface area (Å²) in [4.78, 5) is 19.9. The van der Waals surface area contributed by atoms with Crippen molar-refractivity contribution in [3.8, 4) is 0 Å². The van der Waals surface area contributed by atoms with Crippen LogP contribution in [0.5, 0.6) is 0 Å². The number of hydrogen-bond donors (Lipinski definition) is 1. The molecule has 1 N–H and O–H groups in total. The van der Waals surface area contributed by atoms with E-state index < -0.39 is 5.97 Å². The maximum Gasteiger partial charge on any atom is 0.303 e. The van der Waals surface area contributed by atoms with Gasteiger partial charge in [0.2, 0.25) is 0 Å². The zero-order valence-corrected chi connectivity index (χ0v) is 14.0. The number of carboxylic acid groups (broad SMARTS) is 1. The molecular weight excluding hydrogens is 302 g/mol. The Bertz CT molecular complexity index is 854. The maximum absolute atomic E-state index is 10.6. The third-order valence-corrected chi connectivity index (χ3v) is 4.30. The lowest BCUT2D eigenvalue weighted by atomic mass is 10.1. The number of fused-ring (bicyclic) bond motifs is 3. The number of unbranched alkanes of at least 4 members (excludes halogenated alkanes) is 2. The first kappa shape index (κ1) is 16.4. The fourth-order valence-electron chi connectivity index (χ4n) is 3.19. The van der Waals surface area contributed by atoms with Crippen LogP contribution in [0.3, 0.4) is 0 Å². The van der Waals surface area contributed by atoms with Crippen LogP contribution in [0.1, 0.15) is 44.9 Å². The average Bonchev–Trinajstić information content (AvgIpc) is 2.92. The second-order valence-corrected chi connectivity index (χ2v) is 6.14. The highest BCUT2D eigenvalue weighted by Gasteiger charge is 2.13. The molecule has 0 radical (unpaired) electrons. The minimum atomic E-state index is -0.716. The fraction of sp³-hybridized carbons (Fsp3) is 0.421. The van der Waals surface area contributed by atoms with Crippen LogP contribution < -0.4 is 0 Å². The number of imidazole rings is 1. The van der Waals surface area contributed by atoms with Crippen LogP contribution in [-0.4, -0.2) is 25.6 Å². The highest BCUT2D eigenvalue weighted by molar-refractivity contribution is 6.02. The van der Waals surface area contributed by atoms with E-state index in [2.05, 4.69) is 22.5 Å². The second-order valence-electron chi connectivity index (χ2n) is 6.14. The molecule has 0 aliphatic heterocycles. The Hall–Kier alpha value is -2.43. The second kappa shape index (κ2) is 7.43. The molecule has 0 aliphatic rings. The Morgan fingerprint density at radius 3 is 2.79 bits per heavy atom. The number of aliphatic carboxylic acids is 1. The quantitative estimate of drug-likeness (QED) is 0.631. The highest BCUT2D eigenvalue weighted by Crippen LogP contribution is 2.25. The van der Waals surface area contributed by atoms with Gasteiger partial charge in [-0.3, -0.25) is 9.78 Å². The number of para-hydroxylation sites is 1. The monoisotopic (exact) mass is 325 g/mol. The predicted octanol–water partition coefficient (Wildman–Crippen LogP) is 4.18. The smallest absolute Gasteiger partial charge is 0.303 e. The summed E-state index contributed by atoms with van der Waals surface area (Å²) in [6, 6.07) is 8.16. The van der Waals surface area contributed by atoms with Crippen LogP contribution in [0.2, 0.25) is 0 Å². The molecule has 0 spiro atoms. The summed E-state index contributed by atoms with van der Waals surface area (Å²) in [6.07, 6.45) is 6.71. The summed E-state index contributed by atoms with van der Waals surface area (Å²) < 4.78 is 2.31. The molecule has 0 fully saturated rings. The Balaban J connectivity index is 1.92. The topological polar surface area (TPSA) is 68.0 Å². The first-order chi connectivity index (χ1) is 11.7. The zero-order chi connectivity index (χ0) is 16.9. The molecule has 0 amide bonds. The first-order valence-electron chi connectivity index (χ1n) is 8.65. The van der Waals surface area contributed by atoms with Gasteiger partial charge in [-0.05, 0) is 25.3 Å². The van der Waals surface area contributed by atoms with Crippen molar-refractivity contribution in [2.24, 2.45) is 0 Å². The van der Waals surface area contributed by atoms with Crippen LogP contribution in [-0.2, 0) is 17.8 Å². The molecule has 1 aromatic carbocycles. The van der Waals surface area contributed by atoms with Crippen LogP contribution in [0, 0.1) is 0 Å². The van der Waals surface area contributed by atoms with E-state index in [1.165, 1.54) is 0 Å². The summed E-state index contributed by atoms with van der Waals surface area (Å²) in [5, 5.41) is 9.88. The molecule has 5 heteroatoms. The third-order valence-electron chi connectivity index (χ3n) is 4.30. The van der Waals surface area contributed by atoms with Gasteiger partial charge in [-0.2, -0.15) is 0 Å². The Morgan fingerprint density at radius 2 is 2.00 bits per heavy atom. The van der Waals surface area contributed by atoms with Crippen LogP contribution in [0.4, 0.5) is 0 Å². The molecule has 0 bridgehead atoms. The fourth-order valence-corrected chi connectivity index (χ4v) is 3.19. The van der Waals surface area contributed by atoms with E-state index in [1.54, 1.807) is 0 Å². The van der Waals surface area contributed by atoms with Gasteiger partial charge in [0, 0.05) is 24.8 Å². The molecule has 2 heterocycles. The zero-order valence-electron chi connectivity index (χ0n) is 14.0. The van der Waals surface area contributed by atoms with E-state index in [1.807, 2.05) is 24.4 Å². The van der Waals surface area contributed by atoms with Gasteiger partial charge in [0.25, 0.3) is 0 Å². The number of aromatic nitrogens is 3. The number of carboxylic acids is 1. The first-order valence-corrected chi connectivity index (χ1v) is 8.65. The molecular formula is C19H23N3O2. The van der Waals surface area contributed by atoms with Crippen LogP contribution in [0.15, 0.2) is 30.5 Å². The SMILES string of the molecule is CCCc1nc2cnc3ccccc3c2n1CCCCCC(=O)O. The van der Waals surface area contributed by atoms with Crippen molar-refractivity contribution in [1.82, 2.24) is 14.5 Å². The molecule has 24 heavy (non-hydrogen) atoms. The van der Waals surface area contributed by atoms with Crippen molar-refractivity contribution < 1.29 is 9.90 Å². The van der Waals surface area contributed by atoms with E-state index in [0.717, 1.165) is 66.4 Å². The molecule has 3 aromatic rings. The summed E-state index contributed by atoms with van der Waals surface area (Å²) in [5.41, 5.74) is 3.09. The molecule has 0 unspecified atom stereocenters. The largest absolute Gasteiger partial charge is 0.481 e. The van der Waals surface area contributed by atoms with Gasteiger partial charge in [-0.25, -0.2) is 4.98 Å². The predicted molar refractivity (Wildman–Crippen MR) is 95.1 cm³/mol. The van der Waals surface area contributed by atoms with Crippen molar-refractivity contribution in [3.05, 3.63) is 36.3 Å². The molecule has 0 saturated heterocycles. The number of nitrogens with zero attached hydrogens (tertiary/aromatic N) is 3. The van der Waals surface area contributed by atoms with E-state index in [9.17, 15) is 4.79 Å². The standard InChI is InChI=1S/C19H23N3O2/c1-2-8-17-21-16-13-20-15-10-6-5-9-14(15)19(16)22(17)12-7-3-4-11-18(23)24/h5-6,9-10,13H,2-4,7-8,11-12H2,1H3,(H,23,24). The molecule has 0 aliphatic carbocycles. The van der Waals surface area contributed by atoms with Gasteiger partial charge >= 0.3 is 5.97 Å². The van der Waals surface area contributed by atoms with Crippen molar-refractivity contribution in [1.29, 1.82) is 0 Å². The van der Waals surface area contributed by atoms with Gasteiger partial charge in [0.1, 0.15) is 11.3 Å². The molecule has 3 rings (SSSR count). The van der Waals surface area contributed by atoms with Crippen molar-refractivity contribution in [3.63, 3.8) is 0 Å². The van der Waals surface area contributed by atoms with Gasteiger partial charge in [0.05, 0.1) is 17.2 Å². The lowest BCUT2D eigenvalue weighted by Crippen LogP contribution is -2.05. The molecule has 5 nitrogen and oxygen atoms in total. The lowest BCUT2D eigenvalue weighted by Gasteiger charge is -2.10. The maximum atomic E-state index is 10.6. The summed E-state index contributed by atoms with van der Waals surface area (Å²) in [7, 11) is 0. The van der Waals surface area contributed by atoms with Gasteiger partial charge < -0.3 is 9.67 Å². The number of rotatable bonds is 8. The molecule has 0 atom stereocenters. The van der Waals surface area contributed by atoms with E-state index in [0.29, 0.717) is 0 Å². The van der Waals surface area contributed by atoms with E-state index in [-0.39, 0.29) is 6.42 Å². The van der Waals surface area contributed by atoms with Gasteiger partial charge in [-0.15, -0.1) is 0 Å². The Labute approximate surface area is 141 Å². The van der Waals surface area contributed by atoms with Crippen molar-refractivity contribution >= 4 is 27.9 Å². The van der Waals surface area contributed by atoms with Crippen LogP contribution >= 0.6 is 0 Å². The van der Waals surface area contributed by atoms with Crippen molar-refractivity contribution in [2.45, 2.75) is 52.0 Å². The third kappa shape index (κ3) is 3.40. The number of aryl methyl sites for hydroxylation is 2. The number of benzene rings is 1. The summed E-state index contributed by atoms with van der Waals surface area (Å²) in [5.74, 6) is 0.385. The number of pyridine rings is 1. The molecule has 126 valence electrons. The number of hydrogen-bond acceptors (Lipinski definition) is 3. The highest BCUT2D eigenvalue weighted by atomic mass is 16.4. The summed E-state index contributed by atoms with van der Waals surface area (Å²) in [6.45, 7) is 3.03. The molecule has 2 aromatic heterocycles. The van der Waals surface area contributed by atoms with Gasteiger partial charge in [-0.1, -0.05) is 31.5 Å². The normalized spacial score (nSPS) is 11.4. The Kier molecular flexibility index (Phi) is 5.08. The Morgan fingerprint density at radius 1 is 1.17 bits per heavy atom. The minimum Gasteiger partial charge on any atom is -0.481 e. The minimum absolute atomic E-state index is 0.249. The van der Waals surface area contributed by atoms with E-state index >= 15 is 0 Å².